The van der Waals surface area contributed by atoms with Gasteiger partial charge in [-0.2, -0.15) is 16.8 Å². The maximum absolute atomic E-state index is 12.0. The fraction of sp³-hybridized carbons (Fsp3) is 0.323. The first-order valence-corrected chi connectivity index (χ1v) is 25.3. The standard InChI is InChI=1S/C13H13ClN4O4S2.C10H13ClN2O5S2.C8H12N4O4S2/c1-7(2)10(19)18-24(21,22)13-17-16-12(23-13)15-11(20)8-3-5-9(14)6-4-8;1-6(2)10(14)13-20(17,18)9-4-7(11)3-8(5-9)19(12,15)16;1-4(2)6(14)12-18(15,16)8-11-10-7(17-8)9-5(3)13/h3-7H,1-2H3,(H,18,19)(H,15,16,20);3-6H,1-2H3,(H,13,14)(H2,12,15,16);4H,1-3H3,(H,12,14)(H,9,10,13). The number of primary sulfonamides is 1. The third-order valence-electron chi connectivity index (χ3n) is 6.64. The van der Waals surface area contributed by atoms with Crippen molar-refractivity contribution >= 4 is 126 Å². The molecular weight excluding hydrogens is 984 g/mol. The van der Waals surface area contributed by atoms with Gasteiger partial charge < -0.3 is 5.32 Å². The third kappa shape index (κ3) is 16.8. The van der Waals surface area contributed by atoms with Crippen LogP contribution in [0.2, 0.25) is 10.0 Å². The van der Waals surface area contributed by atoms with E-state index in [2.05, 4.69) is 31.0 Å². The van der Waals surface area contributed by atoms with E-state index in [1.807, 2.05) is 14.2 Å². The van der Waals surface area contributed by atoms with Gasteiger partial charge in [-0.3, -0.25) is 29.3 Å². The molecule has 0 spiro atoms. The van der Waals surface area contributed by atoms with Crippen molar-refractivity contribution in [2.75, 3.05) is 10.6 Å². The van der Waals surface area contributed by atoms with Crippen molar-refractivity contribution in [3.63, 3.8) is 0 Å². The van der Waals surface area contributed by atoms with E-state index in [9.17, 15) is 57.6 Å². The lowest BCUT2D eigenvalue weighted by Gasteiger charge is -2.10. The van der Waals surface area contributed by atoms with Gasteiger partial charge in [0.05, 0.1) is 9.79 Å². The largest absolute Gasteiger partial charge is 0.301 e. The Hall–Kier alpha value is -4.75. The van der Waals surface area contributed by atoms with E-state index in [4.69, 9.17) is 28.3 Å². The zero-order chi connectivity index (χ0) is 47.5. The van der Waals surface area contributed by atoms with Crippen LogP contribution in [0.4, 0.5) is 10.3 Å². The molecule has 0 fully saturated rings. The van der Waals surface area contributed by atoms with Gasteiger partial charge in [-0.15, -0.1) is 20.4 Å². The van der Waals surface area contributed by atoms with Crippen molar-refractivity contribution in [3.8, 4) is 0 Å². The summed E-state index contributed by atoms with van der Waals surface area (Å²) in [4.78, 5) is 56.1. The van der Waals surface area contributed by atoms with Crippen LogP contribution in [0.1, 0.15) is 58.8 Å². The highest BCUT2D eigenvalue weighted by Crippen LogP contribution is 2.23. The number of carbonyl (C=O) groups excluding carboxylic acids is 5. The van der Waals surface area contributed by atoms with Gasteiger partial charge >= 0.3 is 0 Å². The zero-order valence-electron chi connectivity index (χ0n) is 33.2. The summed E-state index contributed by atoms with van der Waals surface area (Å²) in [6.07, 6.45) is 0. The zero-order valence-corrected chi connectivity index (χ0v) is 39.6. The molecule has 62 heavy (non-hydrogen) atoms. The minimum Gasteiger partial charge on any atom is -0.301 e. The Morgan fingerprint density at radius 3 is 1.34 bits per heavy atom. The summed E-state index contributed by atoms with van der Waals surface area (Å²) in [5.41, 5.74) is 0.326. The second-order valence-electron chi connectivity index (χ2n) is 12.9. The van der Waals surface area contributed by atoms with Crippen LogP contribution < -0.4 is 29.9 Å². The van der Waals surface area contributed by atoms with Crippen molar-refractivity contribution in [2.24, 2.45) is 22.9 Å². The number of carbonyl (C=O) groups is 5. The first-order valence-electron chi connectivity index (χ1n) is 16.9. The lowest BCUT2D eigenvalue weighted by molar-refractivity contribution is -0.123. The Morgan fingerprint density at radius 1 is 0.565 bits per heavy atom. The van der Waals surface area contributed by atoms with Crippen molar-refractivity contribution in [1.29, 1.82) is 0 Å². The molecule has 5 amide bonds. The van der Waals surface area contributed by atoms with Crippen LogP contribution in [-0.4, -0.2) is 83.6 Å². The van der Waals surface area contributed by atoms with E-state index in [-0.39, 0.29) is 25.5 Å². The number of amides is 5. The number of halogens is 2. The van der Waals surface area contributed by atoms with Gasteiger partial charge in [0, 0.05) is 40.3 Å². The monoisotopic (exact) mass is 1020 g/mol. The van der Waals surface area contributed by atoms with Crippen LogP contribution in [0, 0.1) is 17.8 Å². The summed E-state index contributed by atoms with van der Waals surface area (Å²) in [6, 6.07) is 8.99. The number of benzene rings is 2. The first-order chi connectivity index (χ1) is 28.3. The molecule has 0 saturated carbocycles. The summed E-state index contributed by atoms with van der Waals surface area (Å²) in [5.74, 6) is -4.41. The average molecular weight is 1020 g/mol. The molecule has 7 N–H and O–H groups in total. The quantitative estimate of drug-likeness (QED) is 0.105. The van der Waals surface area contributed by atoms with E-state index in [1.54, 1.807) is 39.8 Å². The number of aromatic nitrogens is 4. The molecule has 0 aliphatic heterocycles. The van der Waals surface area contributed by atoms with Crippen LogP contribution in [0.5, 0.6) is 0 Å². The van der Waals surface area contributed by atoms with Gasteiger partial charge in [0.15, 0.2) is 0 Å². The van der Waals surface area contributed by atoms with Crippen LogP contribution in [0.25, 0.3) is 0 Å². The SMILES string of the molecule is CC(=O)Nc1nnc(S(=O)(=O)NC(=O)C(C)C)s1.CC(C)C(=O)NS(=O)(=O)c1cc(Cl)cc(S(N)(=O)=O)c1.CC(C)C(=O)NS(=O)(=O)c1nnc(NC(=O)c2ccc(Cl)cc2)s1. The van der Waals surface area contributed by atoms with Gasteiger partial charge in [-0.1, -0.05) is 87.4 Å². The predicted octanol–water partition coefficient (Wildman–Crippen LogP) is 2.31. The van der Waals surface area contributed by atoms with E-state index in [0.717, 1.165) is 18.2 Å². The van der Waals surface area contributed by atoms with Crippen LogP contribution in [-0.2, 0) is 59.3 Å². The summed E-state index contributed by atoms with van der Waals surface area (Å²) in [5, 5.41) is 24.0. The van der Waals surface area contributed by atoms with E-state index in [0.29, 0.717) is 33.3 Å². The number of anilines is 2. The number of nitrogens with one attached hydrogen (secondary N) is 5. The first kappa shape index (κ1) is 53.4. The Bertz CT molecular complexity index is 2760. The lowest BCUT2D eigenvalue weighted by Crippen LogP contribution is -2.33. The van der Waals surface area contributed by atoms with Crippen molar-refractivity contribution in [3.05, 3.63) is 58.1 Å². The van der Waals surface area contributed by atoms with Gasteiger partial charge in [0.1, 0.15) is 0 Å². The molecule has 0 aliphatic carbocycles. The molecule has 0 bridgehead atoms. The number of sulfonamides is 4. The molecular formula is C31H38Cl2N10O13S6. The predicted molar refractivity (Wildman–Crippen MR) is 227 cm³/mol. The summed E-state index contributed by atoms with van der Waals surface area (Å²) in [7, 11) is -16.5. The van der Waals surface area contributed by atoms with Crippen LogP contribution in [0.15, 0.2) is 60.9 Å². The van der Waals surface area contributed by atoms with Gasteiger partial charge in [0.25, 0.3) is 44.7 Å². The number of nitrogens with zero attached hydrogens (tertiary/aromatic N) is 4. The molecule has 2 aromatic heterocycles. The van der Waals surface area contributed by atoms with Crippen molar-refractivity contribution in [1.82, 2.24) is 34.6 Å². The Labute approximate surface area is 374 Å². The highest BCUT2D eigenvalue weighted by atomic mass is 35.5. The molecule has 0 radical (unpaired) electrons. The molecule has 2 heterocycles. The number of hydrogen-bond acceptors (Lipinski definition) is 19. The van der Waals surface area contributed by atoms with Gasteiger partial charge in [-0.25, -0.2) is 36.1 Å². The lowest BCUT2D eigenvalue weighted by atomic mass is 10.2. The van der Waals surface area contributed by atoms with E-state index < -0.39 is 95.6 Å². The topological polar surface area (TPSA) is 360 Å². The maximum atomic E-state index is 12.0. The second kappa shape index (κ2) is 22.0. The van der Waals surface area contributed by atoms with Crippen molar-refractivity contribution in [2.45, 2.75) is 66.9 Å². The smallest absolute Gasteiger partial charge is 0.293 e. The molecule has 31 heteroatoms. The van der Waals surface area contributed by atoms with Gasteiger partial charge in [0.2, 0.25) is 43.9 Å². The fourth-order valence-electron chi connectivity index (χ4n) is 3.41. The molecule has 0 unspecified atom stereocenters. The van der Waals surface area contributed by atoms with Gasteiger partial charge in [-0.05, 0) is 42.5 Å². The summed E-state index contributed by atoms with van der Waals surface area (Å²) in [6.45, 7) is 10.5. The number of rotatable bonds is 13. The normalized spacial score (nSPS) is 11.7. The Balaban J connectivity index is 0.000000324. The van der Waals surface area contributed by atoms with E-state index >= 15 is 0 Å². The molecule has 0 aliphatic rings. The molecule has 23 nitrogen and oxygen atoms in total. The Morgan fingerprint density at radius 2 is 0.952 bits per heavy atom. The van der Waals surface area contributed by atoms with E-state index in [1.165, 1.54) is 32.9 Å². The average Bonchev–Trinajstić information content (AvgIpc) is 3.82. The van der Waals surface area contributed by atoms with Crippen LogP contribution in [0.3, 0.4) is 0 Å². The number of nitrogens with two attached hydrogens (primary N) is 1. The fourth-order valence-corrected chi connectivity index (χ4v) is 9.81. The Kier molecular flexibility index (Phi) is 19.0. The van der Waals surface area contributed by atoms with Crippen LogP contribution >= 0.6 is 45.9 Å². The minimum atomic E-state index is -4.21. The molecule has 4 aromatic rings. The second-order valence-corrected chi connectivity index (χ2v) is 22.7. The molecule has 4 rings (SSSR count). The molecule has 340 valence electrons. The summed E-state index contributed by atoms with van der Waals surface area (Å²) >= 11 is 12.7. The third-order valence-corrected chi connectivity index (χ3v) is 14.4. The molecule has 2 aromatic carbocycles. The number of hydrogen-bond donors (Lipinski definition) is 6. The highest BCUT2D eigenvalue weighted by Gasteiger charge is 2.26. The summed E-state index contributed by atoms with van der Waals surface area (Å²) < 4.78 is 98.6. The van der Waals surface area contributed by atoms with Crippen molar-refractivity contribution < 1.29 is 57.6 Å². The molecule has 0 saturated heterocycles. The minimum absolute atomic E-state index is 0.00711. The molecule has 0 atom stereocenters. The highest BCUT2D eigenvalue weighted by molar-refractivity contribution is 7.92. The maximum Gasteiger partial charge on any atom is 0.293 e.